The second-order valence-corrected chi connectivity index (χ2v) is 17.0. The Kier molecular flexibility index (Phi) is 12.3. The lowest BCUT2D eigenvalue weighted by Crippen LogP contribution is -2.66. The summed E-state index contributed by atoms with van der Waals surface area (Å²) in [4.78, 5) is 75.2. The van der Waals surface area contributed by atoms with Gasteiger partial charge >= 0.3 is 18.2 Å². The summed E-state index contributed by atoms with van der Waals surface area (Å²) in [6.45, 7) is 15.2. The van der Waals surface area contributed by atoms with Crippen molar-refractivity contribution in [3.8, 4) is 11.6 Å². The van der Waals surface area contributed by atoms with E-state index in [1.54, 1.807) is 108 Å². The predicted molar refractivity (Wildman–Crippen MR) is 201 cm³/mol. The molecule has 0 aliphatic carbocycles. The minimum Gasteiger partial charge on any atom is -0.489 e. The van der Waals surface area contributed by atoms with Crippen molar-refractivity contribution < 1.29 is 56.7 Å². The highest BCUT2D eigenvalue weighted by Gasteiger charge is 2.49. The lowest BCUT2D eigenvalue weighted by molar-refractivity contribution is -0.716. The van der Waals surface area contributed by atoms with Crippen LogP contribution in [0.1, 0.15) is 95.1 Å². The number of rotatable bonds is 13. The van der Waals surface area contributed by atoms with Crippen LogP contribution in [-0.2, 0) is 36.8 Å². The number of hydrogen-bond acceptors (Lipinski definition) is 11. The second-order valence-electron chi connectivity index (χ2n) is 17.0. The van der Waals surface area contributed by atoms with Crippen molar-refractivity contribution in [2.75, 3.05) is 26.2 Å². The Morgan fingerprint density at radius 3 is 2.07 bits per heavy atom. The first kappa shape index (κ1) is 42.6. The molecule has 4 amide bonds. The first-order valence-corrected chi connectivity index (χ1v) is 18.7. The number of hydrogen-bond donors (Lipinski definition) is 1. The number of benzene rings is 1. The van der Waals surface area contributed by atoms with Gasteiger partial charge in [-0.1, -0.05) is 12.1 Å². The molecule has 17 heteroatoms. The number of fused-ring (bicyclic) bond motifs is 1. The van der Waals surface area contributed by atoms with E-state index in [1.807, 2.05) is 0 Å². The summed E-state index contributed by atoms with van der Waals surface area (Å²) in [6, 6.07) is 9.48. The number of esters is 1. The minimum absolute atomic E-state index is 0.0471. The van der Waals surface area contributed by atoms with Crippen molar-refractivity contribution >= 4 is 30.0 Å². The Morgan fingerprint density at radius 2 is 1.51 bits per heavy atom. The van der Waals surface area contributed by atoms with Crippen LogP contribution in [0.2, 0.25) is 0 Å². The lowest BCUT2D eigenvalue weighted by Gasteiger charge is -2.43. The zero-order valence-corrected chi connectivity index (χ0v) is 33.9. The molecule has 2 aromatic heterocycles. The summed E-state index contributed by atoms with van der Waals surface area (Å²) in [6.07, 6.45) is 3.30. The summed E-state index contributed by atoms with van der Waals surface area (Å²) in [5.74, 6) is -1.58. The number of alkyl halides is 1. The van der Waals surface area contributed by atoms with Crippen LogP contribution < -0.4 is 14.6 Å². The molecular formula is C40H52FN6O10+. The molecule has 0 saturated carbocycles. The van der Waals surface area contributed by atoms with Gasteiger partial charge < -0.3 is 29.2 Å². The number of imidazole rings is 1. The summed E-state index contributed by atoms with van der Waals surface area (Å²) >= 11 is 0. The van der Waals surface area contributed by atoms with Crippen LogP contribution in [0.5, 0.6) is 5.75 Å². The molecule has 308 valence electrons. The monoisotopic (exact) mass is 795 g/mol. The summed E-state index contributed by atoms with van der Waals surface area (Å²) in [5, 5.41) is 3.28. The van der Waals surface area contributed by atoms with Crippen molar-refractivity contribution in [1.82, 2.24) is 24.8 Å². The zero-order chi connectivity index (χ0) is 41.9. The Labute approximate surface area is 331 Å². The largest absolute Gasteiger partial charge is 0.489 e. The van der Waals surface area contributed by atoms with Gasteiger partial charge in [-0.25, -0.2) is 33.2 Å². The van der Waals surface area contributed by atoms with Gasteiger partial charge in [0.05, 0.1) is 30.4 Å². The molecule has 16 nitrogen and oxygen atoms in total. The average Bonchev–Trinajstić information content (AvgIpc) is 3.58. The Balaban J connectivity index is 1.28. The smallest absolute Gasteiger partial charge is 0.410 e. The summed E-state index contributed by atoms with van der Waals surface area (Å²) < 4.78 is 41.5. The van der Waals surface area contributed by atoms with E-state index >= 15 is 4.39 Å². The summed E-state index contributed by atoms with van der Waals surface area (Å²) in [5.41, 5.74) is -2.91. The number of alkyl carbamates (subject to hydrolysis) is 1. The van der Waals surface area contributed by atoms with Crippen molar-refractivity contribution in [1.29, 1.82) is 0 Å². The third kappa shape index (κ3) is 11.5. The fraction of sp³-hybridized carbons (Fsp3) is 0.525. The number of amides is 4. The number of hydroxylamine groups is 2. The number of ether oxygens (including phenoxy) is 4. The molecule has 0 radical (unpaired) electrons. The lowest BCUT2D eigenvalue weighted by atomic mass is 9.96. The van der Waals surface area contributed by atoms with Crippen LogP contribution in [0.4, 0.5) is 14.0 Å². The molecule has 1 fully saturated rings. The van der Waals surface area contributed by atoms with Gasteiger partial charge in [-0.05, 0) is 86.9 Å². The molecule has 1 saturated heterocycles. The van der Waals surface area contributed by atoms with Gasteiger partial charge in [0, 0.05) is 19.0 Å². The van der Waals surface area contributed by atoms with E-state index in [0.29, 0.717) is 30.3 Å². The number of aromatic nitrogens is 3. The zero-order valence-electron chi connectivity index (χ0n) is 33.9. The van der Waals surface area contributed by atoms with Crippen molar-refractivity contribution in [2.24, 2.45) is 0 Å². The molecule has 57 heavy (non-hydrogen) atoms. The number of likely N-dealkylation sites (tertiary alicyclic amines) is 1. The first-order chi connectivity index (χ1) is 26.5. The normalized spacial score (nSPS) is 15.8. The molecule has 2 aliphatic rings. The molecule has 0 bridgehead atoms. The molecule has 5 rings (SSSR count). The number of halogens is 1. The van der Waals surface area contributed by atoms with Gasteiger partial charge in [0.2, 0.25) is 11.9 Å². The molecule has 2 aliphatic heterocycles. The van der Waals surface area contributed by atoms with Crippen molar-refractivity contribution in [2.45, 2.75) is 110 Å². The number of pyridine rings is 1. The number of carbonyl (C=O) groups excluding carboxylic acids is 5. The van der Waals surface area contributed by atoms with Crippen LogP contribution in [0.25, 0.3) is 5.82 Å². The maximum atomic E-state index is 16.0. The van der Waals surface area contributed by atoms with E-state index in [2.05, 4.69) is 10.3 Å². The highest BCUT2D eigenvalue weighted by atomic mass is 19.1. The predicted octanol–water partition coefficient (Wildman–Crippen LogP) is 4.89. The van der Waals surface area contributed by atoms with Crippen LogP contribution in [0, 0.1) is 0 Å². The molecule has 1 N–H and O–H groups in total. The van der Waals surface area contributed by atoms with E-state index in [9.17, 15) is 24.0 Å². The van der Waals surface area contributed by atoms with Crippen molar-refractivity contribution in [3.05, 3.63) is 71.9 Å². The van der Waals surface area contributed by atoms with Gasteiger partial charge in [-0.15, -0.1) is 5.06 Å². The van der Waals surface area contributed by atoms with E-state index in [1.165, 1.54) is 23.2 Å². The highest BCUT2D eigenvalue weighted by Crippen LogP contribution is 2.29. The Morgan fingerprint density at radius 1 is 0.895 bits per heavy atom. The number of imide groups is 1. The number of carbonyl (C=O) groups is 5. The Bertz CT molecular complexity index is 1940. The fourth-order valence-electron chi connectivity index (χ4n) is 5.92. The summed E-state index contributed by atoms with van der Waals surface area (Å²) in [7, 11) is 0. The maximum absolute atomic E-state index is 16.0. The standard InChI is InChI=1S/C40H51FN6O10/c1-37(2,3)54-34(50)30(57-47-32(48)28-14-10-11-15-29(28)33(47)49)21-53-27-16-17-31(43-19-27)44-20-26(13-12-18-42-35(51)55-38(4,5)6)46(25-44)24-40(41)22-45(23-40)36(52)56-39(7,8)9/h10-11,14-17,19-20,25,30H,12-13,18,21-24H2,1-9H3/p+1/t30-/m0/s1. The molecular weight excluding hydrogens is 743 g/mol. The molecule has 0 unspecified atom stereocenters. The van der Waals surface area contributed by atoms with E-state index < -0.39 is 65.2 Å². The number of aryl methyl sites for hydroxylation is 1. The van der Waals surface area contributed by atoms with Crippen LogP contribution in [-0.4, -0.2) is 104 Å². The topological polar surface area (TPSA) is 172 Å². The van der Waals surface area contributed by atoms with Gasteiger partial charge in [0.25, 0.3) is 18.1 Å². The van der Waals surface area contributed by atoms with Crippen LogP contribution >= 0.6 is 0 Å². The Hall–Kier alpha value is -5.58. The number of nitrogens with one attached hydrogen (secondary N) is 1. The van der Waals surface area contributed by atoms with Gasteiger partial charge in [-0.3, -0.25) is 9.59 Å². The van der Waals surface area contributed by atoms with Crippen LogP contribution in [0.3, 0.4) is 0 Å². The van der Waals surface area contributed by atoms with Crippen molar-refractivity contribution in [3.63, 3.8) is 0 Å². The molecule has 4 heterocycles. The highest BCUT2D eigenvalue weighted by molar-refractivity contribution is 6.20. The first-order valence-electron chi connectivity index (χ1n) is 18.7. The van der Waals surface area contributed by atoms with E-state index in [-0.39, 0.29) is 36.5 Å². The van der Waals surface area contributed by atoms with Crippen LogP contribution in [0.15, 0.2) is 55.1 Å². The van der Waals surface area contributed by atoms with E-state index in [0.717, 1.165) is 5.69 Å². The average molecular weight is 796 g/mol. The fourth-order valence-corrected chi connectivity index (χ4v) is 5.92. The van der Waals surface area contributed by atoms with E-state index in [4.69, 9.17) is 23.8 Å². The minimum atomic E-state index is -1.71. The molecule has 0 spiro atoms. The quantitative estimate of drug-likeness (QED) is 0.0821. The van der Waals surface area contributed by atoms with Gasteiger partial charge in [0.15, 0.2) is 5.67 Å². The molecule has 1 atom stereocenters. The van der Waals surface area contributed by atoms with Gasteiger partial charge in [0.1, 0.15) is 47.6 Å². The SMILES string of the molecule is CC(C)(C)OC(=O)NCCCc1cn(-c2ccc(OC[C@H](ON3C(=O)c4ccccc4C3=O)C(=O)OC(C)(C)C)cn2)c[n+]1CC1(F)CN(C(=O)OC(C)(C)C)C1. The number of nitrogens with zero attached hydrogens (tertiary/aromatic N) is 5. The third-order valence-corrected chi connectivity index (χ3v) is 8.30. The molecule has 1 aromatic carbocycles. The third-order valence-electron chi connectivity index (χ3n) is 8.30. The maximum Gasteiger partial charge on any atom is 0.410 e. The van der Waals surface area contributed by atoms with Gasteiger partial charge in [-0.2, -0.15) is 4.57 Å². The second kappa shape index (κ2) is 16.5. The molecule has 3 aromatic rings.